The molecule has 3 aromatic rings. The van der Waals surface area contributed by atoms with Gasteiger partial charge in [0.1, 0.15) is 11.5 Å². The van der Waals surface area contributed by atoms with Gasteiger partial charge < -0.3 is 10.1 Å². The predicted octanol–water partition coefficient (Wildman–Crippen LogP) is 4.49. The lowest BCUT2D eigenvalue weighted by atomic mass is 10.2. The van der Waals surface area contributed by atoms with Crippen LogP contribution in [0.2, 0.25) is 0 Å². The van der Waals surface area contributed by atoms with Gasteiger partial charge in [0, 0.05) is 16.9 Å². The molecule has 0 bridgehead atoms. The number of ether oxygens (including phenoxy) is 1. The van der Waals surface area contributed by atoms with Crippen molar-refractivity contribution in [3.63, 3.8) is 0 Å². The first kappa shape index (κ1) is 19.4. The van der Waals surface area contributed by atoms with E-state index in [0.717, 1.165) is 5.75 Å². The van der Waals surface area contributed by atoms with E-state index in [4.69, 9.17) is 4.74 Å². The van der Waals surface area contributed by atoms with Gasteiger partial charge in [-0.1, -0.05) is 18.2 Å². The Morgan fingerprint density at radius 3 is 2.00 bits per heavy atom. The summed E-state index contributed by atoms with van der Waals surface area (Å²) in [4.78, 5) is 12.4. The Morgan fingerprint density at radius 2 is 1.39 bits per heavy atom. The molecule has 0 atom stereocenters. The molecule has 0 aliphatic heterocycles. The molecule has 1 amide bonds. The SMILES string of the molecule is CCS(=O)(=O)Nc1ccc(C(=O)Nc2ccc(Oc3ccccc3)cc2)cc1. The summed E-state index contributed by atoms with van der Waals surface area (Å²) < 4.78 is 31.3. The molecule has 0 spiro atoms. The van der Waals surface area contributed by atoms with Gasteiger partial charge in [-0.2, -0.15) is 0 Å². The first-order chi connectivity index (χ1) is 13.4. The van der Waals surface area contributed by atoms with E-state index in [9.17, 15) is 13.2 Å². The Kier molecular flexibility index (Phi) is 5.96. The van der Waals surface area contributed by atoms with Crippen molar-refractivity contribution in [1.29, 1.82) is 0 Å². The standard InChI is InChI=1S/C21H20N2O4S/c1-2-28(25,26)23-18-10-8-16(9-11-18)21(24)22-17-12-14-20(15-13-17)27-19-6-4-3-5-7-19/h3-15,23H,2H2,1H3,(H,22,24). The van der Waals surface area contributed by atoms with E-state index in [1.54, 1.807) is 55.5 Å². The summed E-state index contributed by atoms with van der Waals surface area (Å²) in [6.07, 6.45) is 0. The molecule has 0 heterocycles. The molecule has 7 heteroatoms. The van der Waals surface area contributed by atoms with Crippen LogP contribution >= 0.6 is 0 Å². The van der Waals surface area contributed by atoms with E-state index in [-0.39, 0.29) is 11.7 Å². The van der Waals surface area contributed by atoms with Crippen molar-refractivity contribution in [3.05, 3.63) is 84.4 Å². The third-order valence-corrected chi connectivity index (χ3v) is 5.20. The zero-order valence-electron chi connectivity index (χ0n) is 15.3. The van der Waals surface area contributed by atoms with Crippen LogP contribution in [-0.2, 0) is 10.0 Å². The van der Waals surface area contributed by atoms with Crippen molar-refractivity contribution in [2.75, 3.05) is 15.8 Å². The maximum Gasteiger partial charge on any atom is 0.255 e. The fourth-order valence-electron chi connectivity index (χ4n) is 2.38. The average Bonchev–Trinajstić information content (AvgIpc) is 2.70. The van der Waals surface area contributed by atoms with Gasteiger partial charge in [-0.25, -0.2) is 8.42 Å². The van der Waals surface area contributed by atoms with E-state index in [0.29, 0.717) is 22.7 Å². The molecule has 2 N–H and O–H groups in total. The van der Waals surface area contributed by atoms with E-state index < -0.39 is 10.0 Å². The van der Waals surface area contributed by atoms with Gasteiger partial charge in [-0.05, 0) is 67.6 Å². The molecule has 0 saturated heterocycles. The number of rotatable bonds is 7. The third-order valence-electron chi connectivity index (χ3n) is 3.89. The number of anilines is 2. The van der Waals surface area contributed by atoms with Gasteiger partial charge in [0.2, 0.25) is 10.0 Å². The second-order valence-corrected chi connectivity index (χ2v) is 7.99. The lowest BCUT2D eigenvalue weighted by molar-refractivity contribution is 0.102. The topological polar surface area (TPSA) is 84.5 Å². The van der Waals surface area contributed by atoms with Crippen molar-refractivity contribution in [2.45, 2.75) is 6.92 Å². The first-order valence-corrected chi connectivity index (χ1v) is 10.4. The predicted molar refractivity (Wildman–Crippen MR) is 110 cm³/mol. The Hall–Kier alpha value is -3.32. The van der Waals surface area contributed by atoms with Gasteiger partial charge in [-0.3, -0.25) is 9.52 Å². The fourth-order valence-corrected chi connectivity index (χ4v) is 3.02. The van der Waals surface area contributed by atoms with Crippen molar-refractivity contribution >= 4 is 27.3 Å². The quantitative estimate of drug-likeness (QED) is 0.616. The van der Waals surface area contributed by atoms with E-state index in [2.05, 4.69) is 10.0 Å². The number of nitrogens with one attached hydrogen (secondary N) is 2. The summed E-state index contributed by atoms with van der Waals surface area (Å²) in [5, 5.41) is 2.80. The number of amides is 1. The highest BCUT2D eigenvalue weighted by Crippen LogP contribution is 2.23. The highest BCUT2D eigenvalue weighted by Gasteiger charge is 2.09. The van der Waals surface area contributed by atoms with Crippen LogP contribution in [0.25, 0.3) is 0 Å². The highest BCUT2D eigenvalue weighted by molar-refractivity contribution is 7.92. The lowest BCUT2D eigenvalue weighted by Crippen LogP contribution is -2.15. The molecule has 0 fully saturated rings. The molecule has 3 rings (SSSR count). The Morgan fingerprint density at radius 1 is 0.821 bits per heavy atom. The van der Waals surface area contributed by atoms with Crippen LogP contribution in [0.3, 0.4) is 0 Å². The van der Waals surface area contributed by atoms with Gasteiger partial charge >= 0.3 is 0 Å². The van der Waals surface area contributed by atoms with E-state index >= 15 is 0 Å². The smallest absolute Gasteiger partial charge is 0.255 e. The van der Waals surface area contributed by atoms with Crippen LogP contribution in [0.4, 0.5) is 11.4 Å². The highest BCUT2D eigenvalue weighted by atomic mass is 32.2. The van der Waals surface area contributed by atoms with E-state index in [1.165, 1.54) is 0 Å². The molecule has 3 aromatic carbocycles. The van der Waals surface area contributed by atoms with Crippen molar-refractivity contribution in [3.8, 4) is 11.5 Å². The first-order valence-electron chi connectivity index (χ1n) is 8.70. The second-order valence-electron chi connectivity index (χ2n) is 5.98. The summed E-state index contributed by atoms with van der Waals surface area (Å²) in [5.74, 6) is 1.09. The summed E-state index contributed by atoms with van der Waals surface area (Å²) in [6, 6.07) is 22.7. The molecule has 6 nitrogen and oxygen atoms in total. The Balaban J connectivity index is 1.61. The number of sulfonamides is 1. The monoisotopic (exact) mass is 396 g/mol. The number of benzene rings is 3. The molecular formula is C21H20N2O4S. The second kappa shape index (κ2) is 8.58. The van der Waals surface area contributed by atoms with Crippen LogP contribution in [0.1, 0.15) is 17.3 Å². The van der Waals surface area contributed by atoms with Gasteiger partial charge in [0.15, 0.2) is 0 Å². The maximum atomic E-state index is 12.4. The van der Waals surface area contributed by atoms with Crippen molar-refractivity contribution in [2.24, 2.45) is 0 Å². The molecule has 28 heavy (non-hydrogen) atoms. The number of carbonyl (C=O) groups excluding carboxylic acids is 1. The minimum atomic E-state index is -3.34. The minimum Gasteiger partial charge on any atom is -0.457 e. The van der Waals surface area contributed by atoms with Crippen LogP contribution in [0.15, 0.2) is 78.9 Å². The third kappa shape index (κ3) is 5.34. The Labute approximate surface area is 164 Å². The van der Waals surface area contributed by atoms with E-state index in [1.807, 2.05) is 30.3 Å². The molecule has 144 valence electrons. The van der Waals surface area contributed by atoms with Gasteiger partial charge in [0.25, 0.3) is 5.91 Å². The maximum absolute atomic E-state index is 12.4. The molecular weight excluding hydrogens is 376 g/mol. The molecule has 0 saturated carbocycles. The van der Waals surface area contributed by atoms with Crippen LogP contribution < -0.4 is 14.8 Å². The zero-order chi connectivity index (χ0) is 20.0. The Bertz CT molecular complexity index is 1030. The zero-order valence-corrected chi connectivity index (χ0v) is 16.1. The fraction of sp³-hybridized carbons (Fsp3) is 0.0952. The van der Waals surface area contributed by atoms with Gasteiger partial charge in [0.05, 0.1) is 5.75 Å². The summed E-state index contributed by atoms with van der Waals surface area (Å²) >= 11 is 0. The molecule has 0 aliphatic carbocycles. The summed E-state index contributed by atoms with van der Waals surface area (Å²) in [5.41, 5.74) is 1.46. The van der Waals surface area contributed by atoms with Crippen LogP contribution in [0, 0.1) is 0 Å². The molecule has 0 unspecified atom stereocenters. The molecule has 0 aliphatic rings. The number of hydrogen-bond acceptors (Lipinski definition) is 4. The minimum absolute atomic E-state index is 0.0147. The van der Waals surface area contributed by atoms with Crippen LogP contribution in [-0.4, -0.2) is 20.1 Å². The summed E-state index contributed by atoms with van der Waals surface area (Å²) in [7, 11) is -3.34. The molecule has 0 aromatic heterocycles. The van der Waals surface area contributed by atoms with Crippen LogP contribution in [0.5, 0.6) is 11.5 Å². The molecule has 0 radical (unpaired) electrons. The van der Waals surface area contributed by atoms with Gasteiger partial charge in [-0.15, -0.1) is 0 Å². The largest absolute Gasteiger partial charge is 0.457 e. The number of carbonyl (C=O) groups is 1. The normalized spacial score (nSPS) is 10.9. The number of para-hydroxylation sites is 1. The lowest BCUT2D eigenvalue weighted by Gasteiger charge is -2.09. The average molecular weight is 396 g/mol. The van der Waals surface area contributed by atoms with Crippen molar-refractivity contribution in [1.82, 2.24) is 0 Å². The summed E-state index contributed by atoms with van der Waals surface area (Å²) in [6.45, 7) is 1.56. The number of hydrogen-bond donors (Lipinski definition) is 2. The van der Waals surface area contributed by atoms with Crippen molar-refractivity contribution < 1.29 is 17.9 Å².